The fraction of sp³-hybridized carbons (Fsp3) is 0.240. The molecule has 0 aliphatic carbocycles. The van der Waals surface area contributed by atoms with E-state index in [0.717, 1.165) is 52.4 Å². The first-order valence-corrected chi connectivity index (χ1v) is 10.8. The van der Waals surface area contributed by atoms with Crippen LogP contribution in [0.1, 0.15) is 24.0 Å². The van der Waals surface area contributed by atoms with Gasteiger partial charge in [-0.25, -0.2) is 0 Å². The second-order valence-corrected chi connectivity index (χ2v) is 7.94. The Kier molecular flexibility index (Phi) is 5.46. The van der Waals surface area contributed by atoms with E-state index in [1.54, 1.807) is 13.4 Å². The van der Waals surface area contributed by atoms with Crippen LogP contribution in [0.5, 0.6) is 5.75 Å². The van der Waals surface area contributed by atoms with Gasteiger partial charge in [-0.3, -0.25) is 9.20 Å². The van der Waals surface area contributed by atoms with Crippen molar-refractivity contribution in [3.8, 4) is 16.9 Å². The number of nitrogens with zero attached hydrogens (tertiary/aromatic N) is 4. The molecule has 0 atom stereocenters. The van der Waals surface area contributed by atoms with E-state index in [9.17, 15) is 4.79 Å². The summed E-state index contributed by atoms with van der Waals surface area (Å²) in [5.74, 6) is 2.01. The van der Waals surface area contributed by atoms with Gasteiger partial charge in [0.15, 0.2) is 5.65 Å². The number of rotatable bonds is 7. The molecule has 1 aliphatic heterocycles. The maximum Gasteiger partial charge on any atom is 0.222 e. The molecule has 1 amide bonds. The molecule has 2 aromatic heterocycles. The third kappa shape index (κ3) is 3.89. The molecule has 1 saturated heterocycles. The smallest absolute Gasteiger partial charge is 0.222 e. The SMILES string of the molecule is COc1ccccc1CNc1ccc(-c2ccc(CN3CCCC3=O)cc2)c2nncn12. The van der Waals surface area contributed by atoms with Gasteiger partial charge in [-0.2, -0.15) is 0 Å². The summed E-state index contributed by atoms with van der Waals surface area (Å²) in [4.78, 5) is 13.8. The highest BCUT2D eigenvalue weighted by atomic mass is 16.5. The standard InChI is InChI=1S/C25H25N5O2/c1-32-22-6-3-2-5-20(22)15-26-23-13-12-21(25-28-27-17-30(23)25)19-10-8-18(9-11-19)16-29-14-4-7-24(29)31/h2-3,5-6,8-13,17,26H,4,7,14-16H2,1H3. The predicted molar refractivity (Wildman–Crippen MR) is 123 cm³/mol. The second-order valence-electron chi connectivity index (χ2n) is 7.94. The molecular formula is C25H25N5O2. The van der Waals surface area contributed by atoms with E-state index in [0.29, 0.717) is 19.5 Å². The molecule has 2 aromatic carbocycles. The van der Waals surface area contributed by atoms with Crippen molar-refractivity contribution in [1.82, 2.24) is 19.5 Å². The third-order valence-corrected chi connectivity index (χ3v) is 5.92. The highest BCUT2D eigenvalue weighted by molar-refractivity contribution is 5.80. The van der Waals surface area contributed by atoms with Crippen LogP contribution in [0, 0.1) is 0 Å². The Bertz CT molecular complexity index is 1250. The van der Waals surface area contributed by atoms with E-state index < -0.39 is 0 Å². The van der Waals surface area contributed by atoms with Gasteiger partial charge in [-0.15, -0.1) is 10.2 Å². The maximum absolute atomic E-state index is 11.9. The third-order valence-electron chi connectivity index (χ3n) is 5.92. The van der Waals surface area contributed by atoms with Gasteiger partial charge in [0.25, 0.3) is 0 Å². The average Bonchev–Trinajstić information content (AvgIpc) is 3.48. The summed E-state index contributed by atoms with van der Waals surface area (Å²) in [5, 5.41) is 12.0. The quantitative estimate of drug-likeness (QED) is 0.480. The lowest BCUT2D eigenvalue weighted by molar-refractivity contribution is -0.128. The minimum absolute atomic E-state index is 0.246. The van der Waals surface area contributed by atoms with Gasteiger partial charge in [0, 0.05) is 37.2 Å². The van der Waals surface area contributed by atoms with Crippen LogP contribution in [-0.2, 0) is 17.9 Å². The highest BCUT2D eigenvalue weighted by Crippen LogP contribution is 2.28. The topological polar surface area (TPSA) is 71.8 Å². The molecule has 32 heavy (non-hydrogen) atoms. The number of fused-ring (bicyclic) bond motifs is 1. The number of para-hydroxylation sites is 1. The number of ether oxygens (including phenoxy) is 1. The Morgan fingerprint density at radius 2 is 1.91 bits per heavy atom. The molecule has 4 aromatic rings. The molecular weight excluding hydrogens is 402 g/mol. The summed E-state index contributed by atoms with van der Waals surface area (Å²) in [6.45, 7) is 2.15. The van der Waals surface area contributed by atoms with Gasteiger partial charge < -0.3 is 15.0 Å². The van der Waals surface area contributed by atoms with Gasteiger partial charge in [0.2, 0.25) is 5.91 Å². The lowest BCUT2D eigenvalue weighted by Crippen LogP contribution is -2.23. The van der Waals surface area contributed by atoms with E-state index in [1.165, 1.54) is 0 Å². The largest absolute Gasteiger partial charge is 0.496 e. The van der Waals surface area contributed by atoms with Crippen molar-refractivity contribution < 1.29 is 9.53 Å². The number of anilines is 1. The van der Waals surface area contributed by atoms with Crippen LogP contribution >= 0.6 is 0 Å². The average molecular weight is 428 g/mol. The fourth-order valence-electron chi connectivity index (χ4n) is 4.20. The minimum atomic E-state index is 0.246. The molecule has 7 nitrogen and oxygen atoms in total. The number of methoxy groups -OCH3 is 1. The molecule has 1 aliphatic rings. The Hall–Kier alpha value is -3.87. The van der Waals surface area contributed by atoms with Gasteiger partial charge in [-0.05, 0) is 35.7 Å². The van der Waals surface area contributed by atoms with Crippen molar-refractivity contribution in [2.45, 2.75) is 25.9 Å². The number of hydrogen-bond donors (Lipinski definition) is 1. The second kappa shape index (κ2) is 8.70. The number of aromatic nitrogens is 3. The summed E-state index contributed by atoms with van der Waals surface area (Å²) in [6.07, 6.45) is 3.34. The summed E-state index contributed by atoms with van der Waals surface area (Å²) < 4.78 is 7.41. The van der Waals surface area contributed by atoms with Crippen molar-refractivity contribution in [2.24, 2.45) is 0 Å². The Morgan fingerprint density at radius 1 is 1.06 bits per heavy atom. The molecule has 7 heteroatoms. The summed E-state index contributed by atoms with van der Waals surface area (Å²) in [7, 11) is 1.68. The van der Waals surface area contributed by atoms with Crippen molar-refractivity contribution in [3.63, 3.8) is 0 Å². The van der Waals surface area contributed by atoms with E-state index in [4.69, 9.17) is 4.74 Å². The number of likely N-dealkylation sites (tertiary alicyclic amines) is 1. The first kappa shape index (κ1) is 20.1. The molecule has 3 heterocycles. The zero-order valence-corrected chi connectivity index (χ0v) is 18.0. The predicted octanol–water partition coefficient (Wildman–Crippen LogP) is 4.14. The van der Waals surface area contributed by atoms with E-state index in [-0.39, 0.29) is 5.91 Å². The van der Waals surface area contributed by atoms with Crippen LogP contribution in [0.2, 0.25) is 0 Å². The molecule has 0 unspecified atom stereocenters. The van der Waals surface area contributed by atoms with E-state index >= 15 is 0 Å². The number of amides is 1. The molecule has 0 saturated carbocycles. The van der Waals surface area contributed by atoms with Crippen LogP contribution in [0.15, 0.2) is 67.0 Å². The number of hydrogen-bond acceptors (Lipinski definition) is 5. The van der Waals surface area contributed by atoms with E-state index in [2.05, 4.69) is 45.8 Å². The lowest BCUT2D eigenvalue weighted by Gasteiger charge is -2.16. The summed E-state index contributed by atoms with van der Waals surface area (Å²) in [6, 6.07) is 20.4. The Balaban J connectivity index is 1.37. The maximum atomic E-state index is 11.9. The summed E-state index contributed by atoms with van der Waals surface area (Å²) in [5.41, 5.74) is 5.08. The lowest BCUT2D eigenvalue weighted by atomic mass is 10.0. The number of benzene rings is 2. The Morgan fingerprint density at radius 3 is 2.69 bits per heavy atom. The number of carbonyl (C=O) groups is 1. The summed E-state index contributed by atoms with van der Waals surface area (Å²) >= 11 is 0. The molecule has 5 rings (SSSR count). The molecule has 1 N–H and O–H groups in total. The van der Waals surface area contributed by atoms with Crippen LogP contribution < -0.4 is 10.1 Å². The highest BCUT2D eigenvalue weighted by Gasteiger charge is 2.20. The monoisotopic (exact) mass is 427 g/mol. The van der Waals surface area contributed by atoms with Crippen molar-refractivity contribution >= 4 is 17.4 Å². The van der Waals surface area contributed by atoms with Gasteiger partial charge in [0.05, 0.1) is 7.11 Å². The molecule has 0 spiro atoms. The van der Waals surface area contributed by atoms with Gasteiger partial charge >= 0.3 is 0 Å². The van der Waals surface area contributed by atoms with E-state index in [1.807, 2.05) is 39.6 Å². The zero-order valence-electron chi connectivity index (χ0n) is 18.0. The van der Waals surface area contributed by atoms with Crippen molar-refractivity contribution in [2.75, 3.05) is 19.0 Å². The number of pyridine rings is 1. The van der Waals surface area contributed by atoms with Gasteiger partial charge in [-0.1, -0.05) is 42.5 Å². The normalized spacial score (nSPS) is 13.7. The van der Waals surface area contributed by atoms with Gasteiger partial charge in [0.1, 0.15) is 17.9 Å². The number of nitrogens with one attached hydrogen (secondary N) is 1. The Labute approximate surface area is 186 Å². The molecule has 0 radical (unpaired) electrons. The fourth-order valence-corrected chi connectivity index (χ4v) is 4.20. The number of carbonyl (C=O) groups excluding carboxylic acids is 1. The minimum Gasteiger partial charge on any atom is -0.496 e. The molecule has 0 bridgehead atoms. The van der Waals surface area contributed by atoms with Crippen LogP contribution in [0.3, 0.4) is 0 Å². The molecule has 1 fully saturated rings. The zero-order chi connectivity index (χ0) is 21.9. The van der Waals surface area contributed by atoms with Crippen molar-refractivity contribution in [1.29, 1.82) is 0 Å². The molecule has 162 valence electrons. The first-order valence-electron chi connectivity index (χ1n) is 10.8. The van der Waals surface area contributed by atoms with Crippen LogP contribution in [0.4, 0.5) is 5.82 Å². The van der Waals surface area contributed by atoms with Crippen LogP contribution in [0.25, 0.3) is 16.8 Å². The van der Waals surface area contributed by atoms with Crippen LogP contribution in [-0.4, -0.2) is 39.1 Å². The first-order chi connectivity index (χ1) is 15.7. The van der Waals surface area contributed by atoms with Crippen molar-refractivity contribution in [3.05, 3.63) is 78.1 Å².